The Morgan fingerprint density at radius 3 is 2.43 bits per heavy atom. The molecule has 0 saturated carbocycles. The van der Waals surface area contributed by atoms with Crippen LogP contribution in [-0.2, 0) is 4.79 Å². The molecule has 0 aromatic heterocycles. The zero-order chi connectivity index (χ0) is 16.1. The van der Waals surface area contributed by atoms with Crippen molar-refractivity contribution in [3.8, 4) is 5.75 Å². The van der Waals surface area contributed by atoms with Gasteiger partial charge in [0, 0.05) is 5.02 Å². The van der Waals surface area contributed by atoms with Gasteiger partial charge in [-0.05, 0) is 31.2 Å². The molecule has 1 rings (SSSR count). The van der Waals surface area contributed by atoms with E-state index in [-0.39, 0.29) is 0 Å². The molecule has 0 atom stereocenters. The highest BCUT2D eigenvalue weighted by Crippen LogP contribution is 2.27. The lowest BCUT2D eigenvalue weighted by atomic mass is 10.2. The van der Waals surface area contributed by atoms with Crippen molar-refractivity contribution in [3.05, 3.63) is 28.2 Å². The van der Waals surface area contributed by atoms with Crippen LogP contribution in [0.15, 0.2) is 18.2 Å². The minimum absolute atomic E-state index is 0.300. The van der Waals surface area contributed by atoms with Crippen molar-refractivity contribution in [2.45, 2.75) is 39.0 Å². The van der Waals surface area contributed by atoms with Crippen molar-refractivity contribution < 1.29 is 14.6 Å². The second-order valence-corrected chi connectivity index (χ2v) is 5.30. The van der Waals surface area contributed by atoms with E-state index in [1.165, 1.54) is 44.2 Å². The number of rotatable bonds is 8. The Hall–Kier alpha value is -0.970. The fourth-order valence-corrected chi connectivity index (χ4v) is 1.94. The molecule has 0 fully saturated rings. The van der Waals surface area contributed by atoms with Gasteiger partial charge in [-0.3, -0.25) is 0 Å². The summed E-state index contributed by atoms with van der Waals surface area (Å²) < 4.78 is 4.86. The molecule has 0 bridgehead atoms. The Morgan fingerprint density at radius 2 is 1.90 bits per heavy atom. The Labute approximate surface area is 136 Å². The van der Waals surface area contributed by atoms with Crippen molar-refractivity contribution in [1.29, 1.82) is 0 Å². The van der Waals surface area contributed by atoms with Crippen LogP contribution in [0.1, 0.15) is 39.0 Å². The molecule has 1 aromatic carbocycles. The predicted molar refractivity (Wildman–Crippen MR) is 87.4 cm³/mol. The fourth-order valence-electron chi connectivity index (χ4n) is 1.48. The lowest BCUT2D eigenvalue weighted by molar-refractivity contribution is -0.139. The molecule has 0 spiro atoms. The molecule has 0 unspecified atom stereocenters. The van der Waals surface area contributed by atoms with Crippen LogP contribution in [0.3, 0.4) is 0 Å². The van der Waals surface area contributed by atoms with Crippen LogP contribution in [0.2, 0.25) is 10.0 Å². The first kappa shape index (κ1) is 20.0. The average molecular weight is 336 g/mol. The SMILES string of the molecule is CCCCCCCN.O=C(O)COc1ccc(Cl)cc1Cl. The summed E-state index contributed by atoms with van der Waals surface area (Å²) >= 11 is 11.3. The van der Waals surface area contributed by atoms with E-state index in [2.05, 4.69) is 6.92 Å². The van der Waals surface area contributed by atoms with Crippen molar-refractivity contribution in [3.63, 3.8) is 0 Å². The normalized spacial score (nSPS) is 9.71. The van der Waals surface area contributed by atoms with E-state index in [0.717, 1.165) is 6.54 Å². The van der Waals surface area contributed by atoms with Crippen LogP contribution in [-0.4, -0.2) is 24.2 Å². The van der Waals surface area contributed by atoms with Gasteiger partial charge in [-0.2, -0.15) is 0 Å². The van der Waals surface area contributed by atoms with Gasteiger partial charge in [0.25, 0.3) is 0 Å². The summed E-state index contributed by atoms with van der Waals surface area (Å²) in [4.78, 5) is 10.2. The van der Waals surface area contributed by atoms with E-state index >= 15 is 0 Å². The number of halogens is 2. The third-order valence-electron chi connectivity index (χ3n) is 2.55. The monoisotopic (exact) mass is 335 g/mol. The minimum atomic E-state index is -1.05. The zero-order valence-electron chi connectivity index (χ0n) is 12.3. The van der Waals surface area contributed by atoms with Crippen molar-refractivity contribution in [1.82, 2.24) is 0 Å². The summed E-state index contributed by atoms with van der Waals surface area (Å²) in [5, 5.41) is 9.11. The number of carboxylic acid groups (broad SMARTS) is 1. The molecule has 120 valence electrons. The van der Waals surface area contributed by atoms with Gasteiger partial charge >= 0.3 is 5.97 Å². The average Bonchev–Trinajstić information content (AvgIpc) is 2.43. The number of benzene rings is 1. The molecule has 0 saturated heterocycles. The molecule has 0 aliphatic heterocycles. The van der Waals surface area contributed by atoms with Gasteiger partial charge in [0.1, 0.15) is 5.75 Å². The second-order valence-electron chi connectivity index (χ2n) is 4.46. The van der Waals surface area contributed by atoms with E-state index in [0.29, 0.717) is 15.8 Å². The number of nitrogens with two attached hydrogens (primary N) is 1. The third kappa shape index (κ3) is 11.4. The van der Waals surface area contributed by atoms with Crippen LogP contribution in [0, 0.1) is 0 Å². The zero-order valence-corrected chi connectivity index (χ0v) is 13.8. The molecule has 0 aliphatic carbocycles. The summed E-state index contributed by atoms with van der Waals surface area (Å²) in [5.74, 6) is -0.737. The number of hydrogen-bond donors (Lipinski definition) is 2. The van der Waals surface area contributed by atoms with Crippen LogP contribution in [0.4, 0.5) is 0 Å². The summed E-state index contributed by atoms with van der Waals surface area (Å²) in [7, 11) is 0. The molecule has 0 radical (unpaired) electrons. The van der Waals surface area contributed by atoms with Gasteiger partial charge in [-0.1, -0.05) is 55.8 Å². The largest absolute Gasteiger partial charge is 0.480 e. The second kappa shape index (κ2) is 12.7. The fraction of sp³-hybridized carbons (Fsp3) is 0.533. The Kier molecular flexibility index (Phi) is 12.2. The molecule has 0 amide bonds. The molecule has 4 nitrogen and oxygen atoms in total. The quantitative estimate of drug-likeness (QED) is 0.691. The van der Waals surface area contributed by atoms with E-state index in [1.807, 2.05) is 0 Å². The van der Waals surface area contributed by atoms with Crippen LogP contribution < -0.4 is 10.5 Å². The Balaban J connectivity index is 0.000000433. The summed E-state index contributed by atoms with van der Waals surface area (Å²) in [6, 6.07) is 4.58. The van der Waals surface area contributed by atoms with Gasteiger partial charge in [0.05, 0.1) is 5.02 Å². The molecule has 0 heterocycles. The van der Waals surface area contributed by atoms with Crippen molar-refractivity contribution >= 4 is 29.2 Å². The number of ether oxygens (including phenoxy) is 1. The Bertz CT molecular complexity index is 408. The number of carbonyl (C=O) groups is 1. The Morgan fingerprint density at radius 1 is 1.24 bits per heavy atom. The van der Waals surface area contributed by atoms with E-state index < -0.39 is 12.6 Å². The molecule has 0 aliphatic rings. The van der Waals surface area contributed by atoms with Gasteiger partial charge in [-0.25, -0.2) is 4.79 Å². The number of hydrogen-bond acceptors (Lipinski definition) is 3. The minimum Gasteiger partial charge on any atom is -0.480 e. The summed E-state index contributed by atoms with van der Waals surface area (Å²) in [6.45, 7) is 2.67. The number of unbranched alkanes of at least 4 members (excludes halogenated alkanes) is 4. The third-order valence-corrected chi connectivity index (χ3v) is 3.08. The van der Waals surface area contributed by atoms with Gasteiger partial charge in [-0.15, -0.1) is 0 Å². The standard InChI is InChI=1S/C8H6Cl2O3.C7H17N/c9-5-1-2-7(6(10)3-5)13-4-8(11)12;1-2-3-4-5-6-7-8/h1-3H,4H2,(H,11,12);2-8H2,1H3. The summed E-state index contributed by atoms with van der Waals surface area (Å²) in [5.41, 5.74) is 5.31. The number of aliphatic carboxylic acids is 1. The lowest BCUT2D eigenvalue weighted by Gasteiger charge is -2.04. The maximum Gasteiger partial charge on any atom is 0.341 e. The topological polar surface area (TPSA) is 72.6 Å². The van der Waals surface area contributed by atoms with Gasteiger partial charge < -0.3 is 15.6 Å². The highest BCUT2D eigenvalue weighted by molar-refractivity contribution is 6.35. The van der Waals surface area contributed by atoms with E-state index in [4.69, 9.17) is 38.8 Å². The van der Waals surface area contributed by atoms with Crippen molar-refractivity contribution in [2.24, 2.45) is 5.73 Å². The smallest absolute Gasteiger partial charge is 0.341 e. The van der Waals surface area contributed by atoms with Crippen LogP contribution in [0.25, 0.3) is 0 Å². The predicted octanol–water partition coefficient (Wildman–Crippen LogP) is 4.37. The molecular weight excluding hydrogens is 313 g/mol. The molecular formula is C15H23Cl2NO3. The first-order valence-corrected chi connectivity index (χ1v) is 7.76. The first-order chi connectivity index (χ1) is 10.0. The molecule has 6 heteroatoms. The molecule has 1 aromatic rings. The van der Waals surface area contributed by atoms with Crippen molar-refractivity contribution in [2.75, 3.05) is 13.2 Å². The van der Waals surface area contributed by atoms with Crippen LogP contribution in [0.5, 0.6) is 5.75 Å². The lowest BCUT2D eigenvalue weighted by Crippen LogP contribution is -2.09. The first-order valence-electron chi connectivity index (χ1n) is 7.01. The maximum absolute atomic E-state index is 10.2. The molecule has 3 N–H and O–H groups in total. The number of carboxylic acids is 1. The van der Waals surface area contributed by atoms with Crippen LogP contribution >= 0.6 is 23.2 Å². The van der Waals surface area contributed by atoms with Gasteiger partial charge in [0.15, 0.2) is 6.61 Å². The highest BCUT2D eigenvalue weighted by atomic mass is 35.5. The summed E-state index contributed by atoms with van der Waals surface area (Å²) in [6.07, 6.45) is 6.60. The van der Waals surface area contributed by atoms with Gasteiger partial charge in [0.2, 0.25) is 0 Å². The van der Waals surface area contributed by atoms with E-state index in [9.17, 15) is 4.79 Å². The molecule has 21 heavy (non-hydrogen) atoms. The maximum atomic E-state index is 10.2. The highest BCUT2D eigenvalue weighted by Gasteiger charge is 2.04. The van der Waals surface area contributed by atoms with E-state index in [1.54, 1.807) is 6.07 Å².